The molecule has 0 spiro atoms. The predicted molar refractivity (Wildman–Crippen MR) is 125 cm³/mol. The quantitative estimate of drug-likeness (QED) is 0.300. The summed E-state index contributed by atoms with van der Waals surface area (Å²) in [6, 6.07) is 15.3. The first-order valence-electron chi connectivity index (χ1n) is 10.1. The normalized spacial score (nSPS) is 12.4. The summed E-state index contributed by atoms with van der Waals surface area (Å²) in [5, 5.41) is 3.62. The van der Waals surface area contributed by atoms with Crippen molar-refractivity contribution in [2.45, 2.75) is 41.0 Å². The molecule has 3 aromatic heterocycles. The number of rotatable bonds is 2. The van der Waals surface area contributed by atoms with Gasteiger partial charge in [0.2, 0.25) is 0 Å². The Labute approximate surface area is 175 Å². The van der Waals surface area contributed by atoms with E-state index in [0.29, 0.717) is 0 Å². The van der Waals surface area contributed by atoms with Crippen LogP contribution in [0.15, 0.2) is 53.1 Å². The molecule has 146 valence electrons. The van der Waals surface area contributed by atoms with Crippen molar-refractivity contribution in [1.82, 2.24) is 4.98 Å². The molecule has 0 saturated carbocycles. The Morgan fingerprint density at radius 1 is 1.00 bits per heavy atom. The van der Waals surface area contributed by atoms with Gasteiger partial charge in [0, 0.05) is 32.1 Å². The van der Waals surface area contributed by atoms with Gasteiger partial charge in [-0.3, -0.25) is 4.98 Å². The third-order valence-corrected chi connectivity index (χ3v) is 6.48. The third-order valence-electron chi connectivity index (χ3n) is 5.47. The molecule has 0 aliphatic heterocycles. The maximum atomic E-state index is 6.39. The fraction of sp³-hybridized carbons (Fsp3) is 0.269. The van der Waals surface area contributed by atoms with E-state index < -0.39 is 0 Å². The zero-order chi connectivity index (χ0) is 20.3. The molecular weight excluding hydrogens is 374 g/mol. The molecule has 29 heavy (non-hydrogen) atoms. The summed E-state index contributed by atoms with van der Waals surface area (Å²) >= 11 is 1.81. The number of thiophene rings is 1. The summed E-state index contributed by atoms with van der Waals surface area (Å²) in [5.74, 6) is 0. The molecule has 3 heteroatoms. The summed E-state index contributed by atoms with van der Waals surface area (Å²) in [5.41, 5.74) is 6.76. The van der Waals surface area contributed by atoms with Crippen LogP contribution >= 0.6 is 11.3 Å². The van der Waals surface area contributed by atoms with Gasteiger partial charge < -0.3 is 4.42 Å². The first-order chi connectivity index (χ1) is 13.8. The van der Waals surface area contributed by atoms with E-state index in [-0.39, 0.29) is 5.41 Å². The fourth-order valence-corrected chi connectivity index (χ4v) is 5.08. The van der Waals surface area contributed by atoms with Crippen LogP contribution < -0.4 is 0 Å². The van der Waals surface area contributed by atoms with Crippen LogP contribution in [-0.2, 0) is 6.42 Å². The first-order valence-corrected chi connectivity index (χ1v) is 10.9. The number of hydrogen-bond acceptors (Lipinski definition) is 3. The lowest BCUT2D eigenvalue weighted by Crippen LogP contribution is -2.10. The molecule has 0 aliphatic rings. The Balaban J connectivity index is 1.72. The molecule has 0 amide bonds. The monoisotopic (exact) mass is 399 g/mol. The van der Waals surface area contributed by atoms with Gasteiger partial charge >= 0.3 is 0 Å². The number of aromatic nitrogens is 1. The van der Waals surface area contributed by atoms with Gasteiger partial charge in [0.15, 0.2) is 0 Å². The van der Waals surface area contributed by atoms with Crippen LogP contribution in [0.25, 0.3) is 43.3 Å². The lowest BCUT2D eigenvalue weighted by atomic mass is 9.86. The number of aryl methyl sites for hydroxylation is 2. The number of pyridine rings is 1. The number of fused-ring (bicyclic) bond motifs is 4. The van der Waals surface area contributed by atoms with E-state index in [4.69, 9.17) is 9.40 Å². The Morgan fingerprint density at radius 2 is 1.83 bits per heavy atom. The van der Waals surface area contributed by atoms with Crippen molar-refractivity contribution < 1.29 is 4.42 Å². The second kappa shape index (κ2) is 6.43. The summed E-state index contributed by atoms with van der Waals surface area (Å²) in [4.78, 5) is 6.08. The lowest BCUT2D eigenvalue weighted by molar-refractivity contribution is 0.410. The predicted octanol–water partition coefficient (Wildman–Crippen LogP) is 8.07. The van der Waals surface area contributed by atoms with Crippen LogP contribution in [0.5, 0.6) is 0 Å². The van der Waals surface area contributed by atoms with E-state index in [9.17, 15) is 0 Å². The second-order valence-corrected chi connectivity index (χ2v) is 10.5. The van der Waals surface area contributed by atoms with Gasteiger partial charge in [-0.25, -0.2) is 0 Å². The highest BCUT2D eigenvalue weighted by Crippen LogP contribution is 2.39. The molecule has 3 heterocycles. The molecule has 0 fully saturated rings. The highest BCUT2D eigenvalue weighted by molar-refractivity contribution is 7.19. The standard InChI is InChI=1S/C26H25NOS/c1-15-14-27-22(11-18(15)13-26(3,4)5)20-8-6-7-19-21-10-17-9-16(2)29-24(17)12-23(21)28-25(19)20/h6-12,14H,13H2,1-5H3. The Morgan fingerprint density at radius 3 is 2.62 bits per heavy atom. The number of hydrogen-bond donors (Lipinski definition) is 0. The average molecular weight is 400 g/mol. The Hall–Kier alpha value is -2.65. The first kappa shape index (κ1) is 18.4. The molecule has 2 aromatic carbocycles. The van der Waals surface area contributed by atoms with E-state index in [1.807, 2.05) is 17.5 Å². The van der Waals surface area contributed by atoms with Crippen LogP contribution in [0.4, 0.5) is 0 Å². The van der Waals surface area contributed by atoms with Crippen molar-refractivity contribution >= 4 is 43.4 Å². The zero-order valence-electron chi connectivity index (χ0n) is 17.6. The SMILES string of the molecule is Cc1cc2cc3c(cc2s1)oc1c(-c2cc(CC(C)(C)C)c(C)cn2)cccc13. The number of nitrogens with zero attached hydrogens (tertiary/aromatic N) is 1. The molecular formula is C26H25NOS. The van der Waals surface area contributed by atoms with E-state index in [0.717, 1.165) is 34.2 Å². The van der Waals surface area contributed by atoms with E-state index in [2.05, 4.69) is 77.1 Å². The molecule has 5 aromatic rings. The van der Waals surface area contributed by atoms with Gasteiger partial charge in [-0.15, -0.1) is 11.3 Å². The molecule has 0 bridgehead atoms. The van der Waals surface area contributed by atoms with Crippen LogP contribution in [0.3, 0.4) is 0 Å². The number of para-hydroxylation sites is 1. The Bertz CT molecular complexity index is 1380. The van der Waals surface area contributed by atoms with Crippen molar-refractivity contribution in [3.8, 4) is 11.3 Å². The van der Waals surface area contributed by atoms with Crippen molar-refractivity contribution in [3.05, 3.63) is 64.7 Å². The van der Waals surface area contributed by atoms with Crippen LogP contribution in [0.1, 0.15) is 36.8 Å². The van der Waals surface area contributed by atoms with Gasteiger partial charge in [-0.1, -0.05) is 32.9 Å². The van der Waals surface area contributed by atoms with Crippen LogP contribution in [0.2, 0.25) is 0 Å². The van der Waals surface area contributed by atoms with Gasteiger partial charge in [-0.2, -0.15) is 0 Å². The fourth-order valence-electron chi connectivity index (χ4n) is 4.14. The summed E-state index contributed by atoms with van der Waals surface area (Å²) < 4.78 is 7.67. The summed E-state index contributed by atoms with van der Waals surface area (Å²) in [6.45, 7) is 11.1. The maximum absolute atomic E-state index is 6.39. The zero-order valence-corrected chi connectivity index (χ0v) is 18.4. The highest BCUT2D eigenvalue weighted by Gasteiger charge is 2.17. The highest BCUT2D eigenvalue weighted by atomic mass is 32.1. The number of furan rings is 1. The molecule has 0 saturated heterocycles. The smallest absolute Gasteiger partial charge is 0.144 e. The van der Waals surface area contributed by atoms with Crippen molar-refractivity contribution in [2.24, 2.45) is 5.41 Å². The van der Waals surface area contributed by atoms with Crippen molar-refractivity contribution in [3.63, 3.8) is 0 Å². The molecule has 2 nitrogen and oxygen atoms in total. The van der Waals surface area contributed by atoms with Gasteiger partial charge in [0.05, 0.1) is 5.69 Å². The number of benzene rings is 2. The molecule has 0 radical (unpaired) electrons. The largest absolute Gasteiger partial charge is 0.455 e. The summed E-state index contributed by atoms with van der Waals surface area (Å²) in [6.07, 6.45) is 3.02. The molecule has 0 aliphatic carbocycles. The van der Waals surface area contributed by atoms with Crippen LogP contribution in [0, 0.1) is 19.3 Å². The molecule has 0 N–H and O–H groups in total. The molecule has 5 rings (SSSR count). The van der Waals surface area contributed by atoms with E-state index in [1.165, 1.54) is 31.5 Å². The summed E-state index contributed by atoms with van der Waals surface area (Å²) in [7, 11) is 0. The van der Waals surface area contributed by atoms with Gasteiger partial charge in [0.25, 0.3) is 0 Å². The van der Waals surface area contributed by atoms with Gasteiger partial charge in [-0.05, 0) is 72.5 Å². The molecule has 0 unspecified atom stereocenters. The van der Waals surface area contributed by atoms with Crippen molar-refractivity contribution in [1.29, 1.82) is 0 Å². The minimum atomic E-state index is 0.235. The van der Waals surface area contributed by atoms with Crippen molar-refractivity contribution in [2.75, 3.05) is 0 Å². The maximum Gasteiger partial charge on any atom is 0.144 e. The minimum Gasteiger partial charge on any atom is -0.455 e. The Kier molecular flexibility index (Phi) is 4.08. The third kappa shape index (κ3) is 3.24. The molecule has 0 atom stereocenters. The van der Waals surface area contributed by atoms with Gasteiger partial charge in [0.1, 0.15) is 11.2 Å². The van der Waals surface area contributed by atoms with Crippen LogP contribution in [-0.4, -0.2) is 4.98 Å². The average Bonchev–Trinajstić information content (AvgIpc) is 3.18. The minimum absolute atomic E-state index is 0.235. The van der Waals surface area contributed by atoms with E-state index in [1.54, 1.807) is 0 Å². The lowest BCUT2D eigenvalue weighted by Gasteiger charge is -2.20. The van der Waals surface area contributed by atoms with E-state index >= 15 is 0 Å². The topological polar surface area (TPSA) is 26.0 Å². The second-order valence-electron chi connectivity index (χ2n) is 9.26.